The summed E-state index contributed by atoms with van der Waals surface area (Å²) in [4.78, 5) is -0.422. The number of allylic oxidation sites excluding steroid dienone is 4. The summed E-state index contributed by atoms with van der Waals surface area (Å²) >= 11 is 0. The first-order chi connectivity index (χ1) is 12.4. The first-order valence-electron chi connectivity index (χ1n) is 7.61. The molecular formula is C18H16F3NO4S. The molecule has 1 N–H and O–H groups in total. The van der Waals surface area contributed by atoms with Crippen LogP contribution in [0.15, 0.2) is 52.9 Å². The highest BCUT2D eigenvalue weighted by atomic mass is 32.2. The van der Waals surface area contributed by atoms with Crippen molar-refractivity contribution in [2.24, 2.45) is 0 Å². The molecule has 5 nitrogen and oxygen atoms in total. The molecule has 1 aromatic rings. The number of rotatable bonds is 5. The molecule has 0 saturated heterocycles. The number of benzene rings is 1. The van der Waals surface area contributed by atoms with E-state index in [1.807, 2.05) is 0 Å². The van der Waals surface area contributed by atoms with Crippen LogP contribution in [0.5, 0.6) is 5.75 Å². The maximum absolute atomic E-state index is 14.0. The van der Waals surface area contributed by atoms with E-state index in [4.69, 9.17) is 10.00 Å². The van der Waals surface area contributed by atoms with Gasteiger partial charge in [0.2, 0.25) is 0 Å². The summed E-state index contributed by atoms with van der Waals surface area (Å²) in [5, 5.41) is 18.5. The number of sulfone groups is 1. The van der Waals surface area contributed by atoms with Crippen LogP contribution in [0.25, 0.3) is 0 Å². The van der Waals surface area contributed by atoms with Crippen LogP contribution in [-0.2, 0) is 16.3 Å². The molecule has 0 spiro atoms. The third-order valence-electron chi connectivity index (χ3n) is 3.83. The number of nitrogens with zero attached hydrogens (tertiary/aromatic N) is 1. The van der Waals surface area contributed by atoms with Gasteiger partial charge in [-0.05, 0) is 25.1 Å². The standard InChI is InChI=1S/C18H16F3NO4S/c1-10(9-22)6-12(19)7-11(2)26-14-4-5-15(27(3,24)25)16-13(14)8-18(20,21)17(16)23/h4-7,17,23H,2,8H2,1,3H3/b10-6+,12-7+/t17-/m0/s1. The number of aliphatic hydroxyl groups excluding tert-OH is 1. The van der Waals surface area contributed by atoms with E-state index in [9.17, 15) is 26.7 Å². The van der Waals surface area contributed by atoms with E-state index < -0.39 is 44.6 Å². The molecule has 0 aromatic heterocycles. The van der Waals surface area contributed by atoms with Gasteiger partial charge in [-0.15, -0.1) is 0 Å². The molecule has 0 radical (unpaired) electrons. The second kappa shape index (κ2) is 7.21. The smallest absolute Gasteiger partial charge is 0.281 e. The molecule has 1 aliphatic carbocycles. The Morgan fingerprint density at radius 3 is 2.63 bits per heavy atom. The number of hydrogen-bond donors (Lipinski definition) is 1. The van der Waals surface area contributed by atoms with E-state index in [0.717, 1.165) is 30.5 Å². The normalized spacial score (nSPS) is 19.4. The van der Waals surface area contributed by atoms with Crippen LogP contribution < -0.4 is 4.74 Å². The van der Waals surface area contributed by atoms with Gasteiger partial charge in [-0.3, -0.25) is 0 Å². The van der Waals surface area contributed by atoms with E-state index in [0.29, 0.717) is 0 Å². The number of fused-ring (bicyclic) bond motifs is 1. The lowest BCUT2D eigenvalue weighted by Gasteiger charge is -2.15. The summed E-state index contributed by atoms with van der Waals surface area (Å²) in [6, 6.07) is 3.92. The molecule has 0 aliphatic heterocycles. The SMILES string of the molecule is C=C(/C=C(F)\C=C(/C)C#N)Oc1ccc(S(C)(=O)=O)c2c1CC(F)(F)[C@H]2O. The highest BCUT2D eigenvalue weighted by Crippen LogP contribution is 2.49. The molecule has 0 heterocycles. The Morgan fingerprint density at radius 1 is 1.44 bits per heavy atom. The summed E-state index contributed by atoms with van der Waals surface area (Å²) in [6.45, 7) is 4.84. The van der Waals surface area contributed by atoms with Gasteiger partial charge < -0.3 is 9.84 Å². The Bertz CT molecular complexity index is 1000. The minimum absolute atomic E-state index is 0.0951. The first kappa shape index (κ1) is 20.7. The van der Waals surface area contributed by atoms with Gasteiger partial charge in [-0.25, -0.2) is 21.6 Å². The fraction of sp³-hybridized carbons (Fsp3) is 0.278. The Labute approximate surface area is 154 Å². The van der Waals surface area contributed by atoms with Gasteiger partial charge in [0.1, 0.15) is 23.4 Å². The van der Waals surface area contributed by atoms with Crippen molar-refractivity contribution in [2.75, 3.05) is 6.26 Å². The van der Waals surface area contributed by atoms with Gasteiger partial charge in [0.05, 0.1) is 11.0 Å². The van der Waals surface area contributed by atoms with Crippen LogP contribution in [-0.4, -0.2) is 25.7 Å². The van der Waals surface area contributed by atoms with Crippen LogP contribution in [0, 0.1) is 11.3 Å². The molecule has 2 rings (SSSR count). The van der Waals surface area contributed by atoms with Gasteiger partial charge in [-0.1, -0.05) is 6.58 Å². The molecule has 144 valence electrons. The summed E-state index contributed by atoms with van der Waals surface area (Å²) in [6.07, 6.45) is -0.616. The number of alkyl halides is 2. The molecule has 9 heteroatoms. The Balaban J connectivity index is 2.46. The van der Waals surface area contributed by atoms with Gasteiger partial charge in [0, 0.05) is 35.5 Å². The van der Waals surface area contributed by atoms with E-state index >= 15 is 0 Å². The fourth-order valence-electron chi connectivity index (χ4n) is 2.67. The van der Waals surface area contributed by atoms with Crippen molar-refractivity contribution in [1.29, 1.82) is 5.26 Å². The largest absolute Gasteiger partial charge is 0.458 e. The third-order valence-corrected chi connectivity index (χ3v) is 4.99. The maximum atomic E-state index is 14.0. The van der Waals surface area contributed by atoms with E-state index in [2.05, 4.69) is 6.58 Å². The van der Waals surface area contributed by atoms with Crippen molar-refractivity contribution in [3.63, 3.8) is 0 Å². The molecule has 0 saturated carbocycles. The predicted molar refractivity (Wildman–Crippen MR) is 91.5 cm³/mol. The lowest BCUT2D eigenvalue weighted by atomic mass is 10.1. The molecule has 1 aromatic carbocycles. The molecule has 1 atom stereocenters. The molecule has 0 bridgehead atoms. The lowest BCUT2D eigenvalue weighted by Crippen LogP contribution is -2.22. The third kappa shape index (κ3) is 4.40. The molecule has 0 unspecified atom stereocenters. The van der Waals surface area contributed by atoms with Crippen molar-refractivity contribution in [1.82, 2.24) is 0 Å². The average Bonchev–Trinajstić information content (AvgIpc) is 2.77. The Kier molecular flexibility index (Phi) is 5.54. The molecule has 0 fully saturated rings. The highest BCUT2D eigenvalue weighted by Gasteiger charge is 2.50. The average molecular weight is 399 g/mol. The van der Waals surface area contributed by atoms with E-state index in [-0.39, 0.29) is 22.6 Å². The molecule has 27 heavy (non-hydrogen) atoms. The number of ether oxygens (including phenoxy) is 1. The van der Waals surface area contributed by atoms with Crippen molar-refractivity contribution < 1.29 is 31.4 Å². The van der Waals surface area contributed by atoms with E-state index in [1.165, 1.54) is 6.92 Å². The zero-order valence-electron chi connectivity index (χ0n) is 14.5. The number of halogens is 3. The quantitative estimate of drug-likeness (QED) is 0.465. The molecular weight excluding hydrogens is 383 g/mol. The van der Waals surface area contributed by atoms with Crippen LogP contribution in [0.4, 0.5) is 13.2 Å². The minimum Gasteiger partial charge on any atom is -0.458 e. The Hall–Kier alpha value is -2.57. The second-order valence-corrected chi connectivity index (χ2v) is 8.09. The zero-order chi connectivity index (χ0) is 20.6. The summed E-state index contributed by atoms with van der Waals surface area (Å²) < 4.78 is 70.7. The number of hydrogen-bond acceptors (Lipinski definition) is 5. The van der Waals surface area contributed by atoms with Crippen molar-refractivity contribution in [3.8, 4) is 11.8 Å². The van der Waals surface area contributed by atoms with Crippen LogP contribution in [0.2, 0.25) is 0 Å². The van der Waals surface area contributed by atoms with Crippen LogP contribution >= 0.6 is 0 Å². The molecule has 1 aliphatic rings. The topological polar surface area (TPSA) is 87.4 Å². The predicted octanol–water partition coefficient (Wildman–Crippen LogP) is 3.53. The zero-order valence-corrected chi connectivity index (χ0v) is 15.3. The fourth-order valence-corrected chi connectivity index (χ4v) is 3.62. The van der Waals surface area contributed by atoms with Crippen molar-refractivity contribution in [2.45, 2.75) is 30.3 Å². The van der Waals surface area contributed by atoms with Crippen molar-refractivity contribution in [3.05, 3.63) is 59.1 Å². The van der Waals surface area contributed by atoms with Gasteiger partial charge in [-0.2, -0.15) is 5.26 Å². The minimum atomic E-state index is -3.87. The second-order valence-electron chi connectivity index (χ2n) is 6.10. The first-order valence-corrected chi connectivity index (χ1v) is 9.50. The van der Waals surface area contributed by atoms with Gasteiger partial charge in [0.15, 0.2) is 9.84 Å². The summed E-state index contributed by atoms with van der Waals surface area (Å²) in [5.74, 6) is -4.83. The van der Waals surface area contributed by atoms with E-state index in [1.54, 1.807) is 6.07 Å². The van der Waals surface area contributed by atoms with Crippen LogP contribution in [0.1, 0.15) is 24.2 Å². The van der Waals surface area contributed by atoms with Gasteiger partial charge in [0.25, 0.3) is 5.92 Å². The lowest BCUT2D eigenvalue weighted by molar-refractivity contribution is -0.0976. The number of aliphatic hydroxyl groups is 1. The summed E-state index contributed by atoms with van der Waals surface area (Å²) in [5.41, 5.74) is -0.524. The Morgan fingerprint density at radius 2 is 2.07 bits per heavy atom. The monoisotopic (exact) mass is 399 g/mol. The number of nitriles is 1. The van der Waals surface area contributed by atoms with Crippen molar-refractivity contribution >= 4 is 9.84 Å². The highest BCUT2D eigenvalue weighted by molar-refractivity contribution is 7.90. The van der Waals surface area contributed by atoms with Crippen LogP contribution in [0.3, 0.4) is 0 Å². The summed E-state index contributed by atoms with van der Waals surface area (Å²) in [7, 11) is -3.87. The van der Waals surface area contributed by atoms with Gasteiger partial charge >= 0.3 is 0 Å². The molecule has 0 amide bonds. The maximum Gasteiger partial charge on any atom is 0.281 e.